The highest BCUT2D eigenvalue weighted by atomic mass is 16.3. The van der Waals surface area contributed by atoms with Crippen LogP contribution < -0.4 is 11.1 Å². The number of carbonyl (C=O) groups excluding carboxylic acids is 2. The SMILES string of the molecule is Cc1nc(-c2cccnc2)ncc1C(=O)N[C@@H](Cc1ccc(O)cc1)C(N)=O. The number of aromatic hydroxyl groups is 1. The zero-order chi connectivity index (χ0) is 20.1. The first-order valence-electron chi connectivity index (χ1n) is 8.56. The maximum Gasteiger partial charge on any atom is 0.255 e. The van der Waals surface area contributed by atoms with Gasteiger partial charge in [-0.25, -0.2) is 9.97 Å². The summed E-state index contributed by atoms with van der Waals surface area (Å²) in [7, 11) is 0. The van der Waals surface area contributed by atoms with Crippen LogP contribution in [0.5, 0.6) is 5.75 Å². The molecule has 0 aliphatic rings. The van der Waals surface area contributed by atoms with Crippen LogP contribution in [0.3, 0.4) is 0 Å². The minimum absolute atomic E-state index is 0.116. The van der Waals surface area contributed by atoms with Crippen molar-refractivity contribution in [3.8, 4) is 17.1 Å². The summed E-state index contributed by atoms with van der Waals surface area (Å²) in [6, 6.07) is 9.02. The van der Waals surface area contributed by atoms with Gasteiger partial charge < -0.3 is 16.2 Å². The van der Waals surface area contributed by atoms with Crippen LogP contribution in [0.15, 0.2) is 55.0 Å². The van der Waals surface area contributed by atoms with E-state index in [0.29, 0.717) is 11.5 Å². The second-order valence-electron chi connectivity index (χ2n) is 6.23. The Hall–Kier alpha value is -3.81. The number of aryl methyl sites for hydroxylation is 1. The fraction of sp³-hybridized carbons (Fsp3) is 0.150. The number of pyridine rings is 1. The third-order valence-corrected chi connectivity index (χ3v) is 4.17. The molecule has 8 nitrogen and oxygen atoms in total. The molecular weight excluding hydrogens is 358 g/mol. The van der Waals surface area contributed by atoms with Gasteiger partial charge in [0.15, 0.2) is 5.82 Å². The Morgan fingerprint density at radius 3 is 2.54 bits per heavy atom. The summed E-state index contributed by atoms with van der Waals surface area (Å²) in [5, 5.41) is 12.0. The van der Waals surface area contributed by atoms with E-state index < -0.39 is 17.9 Å². The number of primary amides is 1. The topological polar surface area (TPSA) is 131 Å². The van der Waals surface area contributed by atoms with E-state index in [1.54, 1.807) is 37.5 Å². The molecule has 8 heteroatoms. The predicted octanol–water partition coefficient (Wildman–Crippen LogP) is 1.38. The highest BCUT2D eigenvalue weighted by Crippen LogP contribution is 2.15. The van der Waals surface area contributed by atoms with Crippen molar-refractivity contribution in [1.29, 1.82) is 0 Å². The Labute approximate surface area is 161 Å². The van der Waals surface area contributed by atoms with Crippen LogP contribution >= 0.6 is 0 Å². The Balaban J connectivity index is 1.76. The van der Waals surface area contributed by atoms with Gasteiger partial charge in [0.25, 0.3) is 5.91 Å². The molecule has 0 spiro atoms. The van der Waals surface area contributed by atoms with Crippen LogP contribution in [0.2, 0.25) is 0 Å². The number of phenols is 1. The molecule has 0 fully saturated rings. The lowest BCUT2D eigenvalue weighted by atomic mass is 10.0. The monoisotopic (exact) mass is 377 g/mol. The Kier molecular flexibility index (Phi) is 5.59. The molecule has 1 aromatic carbocycles. The molecule has 0 saturated carbocycles. The van der Waals surface area contributed by atoms with Gasteiger partial charge >= 0.3 is 0 Å². The minimum atomic E-state index is -0.908. The fourth-order valence-corrected chi connectivity index (χ4v) is 2.65. The lowest BCUT2D eigenvalue weighted by Gasteiger charge is -2.16. The second kappa shape index (κ2) is 8.26. The summed E-state index contributed by atoms with van der Waals surface area (Å²) in [6.07, 6.45) is 4.90. The highest BCUT2D eigenvalue weighted by Gasteiger charge is 2.21. The largest absolute Gasteiger partial charge is 0.508 e. The summed E-state index contributed by atoms with van der Waals surface area (Å²) >= 11 is 0. The Morgan fingerprint density at radius 1 is 1.18 bits per heavy atom. The van der Waals surface area contributed by atoms with Crippen LogP contribution in [0, 0.1) is 6.92 Å². The molecule has 142 valence electrons. The number of aromatic nitrogens is 3. The van der Waals surface area contributed by atoms with Crippen molar-refractivity contribution in [3.05, 3.63) is 71.8 Å². The van der Waals surface area contributed by atoms with Gasteiger partial charge in [-0.3, -0.25) is 14.6 Å². The van der Waals surface area contributed by atoms with E-state index in [4.69, 9.17) is 5.73 Å². The van der Waals surface area contributed by atoms with Crippen LogP contribution in [-0.2, 0) is 11.2 Å². The number of amides is 2. The first-order chi connectivity index (χ1) is 13.4. The molecule has 3 rings (SSSR count). The Bertz CT molecular complexity index is 990. The molecule has 4 N–H and O–H groups in total. The van der Waals surface area contributed by atoms with E-state index in [-0.39, 0.29) is 17.7 Å². The molecule has 0 saturated heterocycles. The number of nitrogens with one attached hydrogen (secondary N) is 1. The van der Waals surface area contributed by atoms with Gasteiger partial charge in [-0.2, -0.15) is 0 Å². The molecule has 1 atom stereocenters. The van der Waals surface area contributed by atoms with E-state index in [9.17, 15) is 14.7 Å². The number of benzene rings is 1. The standard InChI is InChI=1S/C20H19N5O3/c1-12-16(11-23-19(24-12)14-3-2-8-22-10-14)20(28)25-17(18(21)27)9-13-4-6-15(26)7-5-13/h2-8,10-11,17,26H,9H2,1H3,(H2,21,27)(H,25,28)/t17-/m0/s1. The molecule has 3 aromatic rings. The van der Waals surface area contributed by atoms with E-state index in [1.807, 2.05) is 6.07 Å². The molecule has 0 aliphatic carbocycles. The van der Waals surface area contributed by atoms with E-state index in [2.05, 4.69) is 20.3 Å². The summed E-state index contributed by atoms with van der Waals surface area (Å²) in [5.41, 5.74) is 7.65. The van der Waals surface area contributed by atoms with Gasteiger partial charge in [-0.15, -0.1) is 0 Å². The van der Waals surface area contributed by atoms with Gasteiger partial charge in [0, 0.05) is 30.6 Å². The van der Waals surface area contributed by atoms with Crippen molar-refractivity contribution in [2.75, 3.05) is 0 Å². The zero-order valence-electron chi connectivity index (χ0n) is 15.2. The normalized spacial score (nSPS) is 11.6. The highest BCUT2D eigenvalue weighted by molar-refractivity contribution is 5.98. The minimum Gasteiger partial charge on any atom is -0.508 e. The lowest BCUT2D eigenvalue weighted by Crippen LogP contribution is -2.46. The van der Waals surface area contributed by atoms with Crippen LogP contribution in [0.25, 0.3) is 11.4 Å². The quantitative estimate of drug-likeness (QED) is 0.595. The van der Waals surface area contributed by atoms with Crippen molar-refractivity contribution in [2.45, 2.75) is 19.4 Å². The number of hydrogen-bond acceptors (Lipinski definition) is 6. The summed E-state index contributed by atoms with van der Waals surface area (Å²) in [5.74, 6) is -0.577. The average molecular weight is 377 g/mol. The molecule has 0 unspecified atom stereocenters. The zero-order valence-corrected chi connectivity index (χ0v) is 15.2. The number of carbonyl (C=O) groups is 2. The lowest BCUT2D eigenvalue weighted by molar-refractivity contribution is -0.119. The van der Waals surface area contributed by atoms with Gasteiger partial charge in [-0.1, -0.05) is 12.1 Å². The number of rotatable bonds is 6. The van der Waals surface area contributed by atoms with E-state index >= 15 is 0 Å². The van der Waals surface area contributed by atoms with Crippen molar-refractivity contribution in [2.24, 2.45) is 5.73 Å². The van der Waals surface area contributed by atoms with Crippen molar-refractivity contribution in [3.63, 3.8) is 0 Å². The summed E-state index contributed by atoms with van der Waals surface area (Å²) in [6.45, 7) is 1.69. The number of nitrogens with zero attached hydrogens (tertiary/aromatic N) is 3. The third-order valence-electron chi connectivity index (χ3n) is 4.17. The molecule has 0 aliphatic heterocycles. The smallest absolute Gasteiger partial charge is 0.255 e. The van der Waals surface area contributed by atoms with Gasteiger partial charge in [-0.05, 0) is 36.8 Å². The maximum atomic E-state index is 12.6. The predicted molar refractivity (Wildman–Crippen MR) is 102 cm³/mol. The van der Waals surface area contributed by atoms with Crippen LogP contribution in [-0.4, -0.2) is 37.9 Å². The average Bonchev–Trinajstić information content (AvgIpc) is 2.69. The van der Waals surface area contributed by atoms with Gasteiger partial charge in [0.2, 0.25) is 5.91 Å². The third kappa shape index (κ3) is 4.47. The van der Waals surface area contributed by atoms with E-state index in [0.717, 1.165) is 11.1 Å². The van der Waals surface area contributed by atoms with Crippen LogP contribution in [0.1, 0.15) is 21.6 Å². The first-order valence-corrected chi connectivity index (χ1v) is 8.56. The van der Waals surface area contributed by atoms with Crippen molar-refractivity contribution in [1.82, 2.24) is 20.3 Å². The van der Waals surface area contributed by atoms with E-state index in [1.165, 1.54) is 18.3 Å². The molecule has 0 radical (unpaired) electrons. The molecule has 28 heavy (non-hydrogen) atoms. The number of hydrogen-bond donors (Lipinski definition) is 3. The molecular formula is C20H19N5O3. The molecule has 0 bridgehead atoms. The van der Waals surface area contributed by atoms with Gasteiger partial charge in [0.05, 0.1) is 11.3 Å². The second-order valence-corrected chi connectivity index (χ2v) is 6.23. The van der Waals surface area contributed by atoms with Crippen LogP contribution in [0.4, 0.5) is 0 Å². The van der Waals surface area contributed by atoms with Crippen molar-refractivity contribution < 1.29 is 14.7 Å². The fourth-order valence-electron chi connectivity index (χ4n) is 2.65. The molecule has 2 heterocycles. The first kappa shape index (κ1) is 19.0. The molecule has 2 aromatic heterocycles. The summed E-state index contributed by atoms with van der Waals surface area (Å²) in [4.78, 5) is 37.0. The Morgan fingerprint density at radius 2 is 1.93 bits per heavy atom. The van der Waals surface area contributed by atoms with Crippen molar-refractivity contribution >= 4 is 11.8 Å². The summed E-state index contributed by atoms with van der Waals surface area (Å²) < 4.78 is 0. The molecule has 2 amide bonds. The number of phenolic OH excluding ortho intramolecular Hbond substituents is 1. The van der Waals surface area contributed by atoms with Gasteiger partial charge in [0.1, 0.15) is 11.8 Å². The number of nitrogens with two attached hydrogens (primary N) is 1. The maximum absolute atomic E-state index is 12.6.